The summed E-state index contributed by atoms with van der Waals surface area (Å²) in [4.78, 5) is 0. The van der Waals surface area contributed by atoms with Gasteiger partial charge in [0.25, 0.3) is 0 Å². The van der Waals surface area contributed by atoms with Gasteiger partial charge in [0.1, 0.15) is 28.1 Å². The molecule has 1 radical (unpaired) electrons. The predicted molar refractivity (Wildman–Crippen MR) is 240 cm³/mol. The molecule has 56 heavy (non-hydrogen) atoms. The predicted octanol–water partition coefficient (Wildman–Crippen LogP) is 14.8. The first-order valence-electron chi connectivity index (χ1n) is 17.6. The van der Waals surface area contributed by atoms with Crippen molar-refractivity contribution >= 4 is 67.5 Å². The summed E-state index contributed by atoms with van der Waals surface area (Å²) in [6.45, 7) is 0. The Balaban J connectivity index is 0.000000149. The molecule has 2 heterocycles. The molecule has 0 saturated carbocycles. The Labute approximate surface area is 337 Å². The van der Waals surface area contributed by atoms with Crippen molar-refractivity contribution in [3.63, 3.8) is 0 Å². The van der Waals surface area contributed by atoms with Gasteiger partial charge in [-0.2, -0.15) is 0 Å². The van der Waals surface area contributed by atoms with Gasteiger partial charge in [0, 0.05) is 31.6 Å². The number of halogens is 1. The standard InChI is InChI=1S/C24H16O.C12H10BO2.C12H7BrO.2CH4/c1-2-8-17(9-3-1)19-10-4-5-11-20(19)18-14-15-22-21-12-6-7-13-23(21)25-24(22)16-18;14-13-15-12-9-5-4-8-11(12)10-6-2-1-3-7-10;13-8-5-6-10-9-3-1-2-4-11(9)14-12(10)7-8;;/h1-16H;1-9,14H;1-7H;2*1H4. The Morgan fingerprint density at radius 1 is 0.393 bits per heavy atom. The number of benzene rings is 8. The van der Waals surface area contributed by atoms with Crippen molar-refractivity contribution in [1.29, 1.82) is 0 Å². The first-order valence-corrected chi connectivity index (χ1v) is 18.4. The van der Waals surface area contributed by atoms with E-state index in [-0.39, 0.29) is 14.9 Å². The van der Waals surface area contributed by atoms with Crippen LogP contribution < -0.4 is 4.65 Å². The van der Waals surface area contributed by atoms with E-state index in [1.165, 1.54) is 38.4 Å². The molecule has 0 aliphatic heterocycles. The molecule has 0 bridgehead atoms. The molecule has 8 aromatic carbocycles. The summed E-state index contributed by atoms with van der Waals surface area (Å²) >= 11 is 3.43. The second-order valence-electron chi connectivity index (χ2n) is 12.5. The fourth-order valence-electron chi connectivity index (χ4n) is 6.68. The number of fused-ring (bicyclic) bond motifs is 6. The summed E-state index contributed by atoms with van der Waals surface area (Å²) in [5.74, 6) is 0.645. The van der Waals surface area contributed by atoms with Crippen LogP contribution in [-0.4, -0.2) is 12.7 Å². The number of furan rings is 2. The number of hydrogen-bond donors (Lipinski definition) is 1. The maximum Gasteiger partial charge on any atom is 0.569 e. The van der Waals surface area contributed by atoms with Gasteiger partial charge >= 0.3 is 7.69 Å². The average molecular weight is 797 g/mol. The Morgan fingerprint density at radius 2 is 0.821 bits per heavy atom. The fourth-order valence-corrected chi connectivity index (χ4v) is 7.02. The molecule has 2 aromatic heterocycles. The summed E-state index contributed by atoms with van der Waals surface area (Å²) in [5.41, 5.74) is 10.6. The SMILES string of the molecule is Brc1ccc2c(c1)oc1ccccc12.C.C.O[B]Oc1ccccc1-c1ccccc1.c1ccc(-c2ccccc2-c2ccc3c(c2)oc2ccccc23)cc1. The van der Waals surface area contributed by atoms with Crippen molar-refractivity contribution < 1.29 is 18.5 Å². The van der Waals surface area contributed by atoms with Crippen molar-refractivity contribution in [3.05, 3.63) is 199 Å². The largest absolute Gasteiger partial charge is 0.569 e. The van der Waals surface area contributed by atoms with Crippen LogP contribution in [0.2, 0.25) is 0 Å². The van der Waals surface area contributed by atoms with Gasteiger partial charge in [0.15, 0.2) is 0 Å². The molecule has 0 amide bonds. The molecule has 275 valence electrons. The first kappa shape index (κ1) is 39.4. The molecule has 0 aliphatic carbocycles. The van der Waals surface area contributed by atoms with Crippen molar-refractivity contribution in [2.24, 2.45) is 0 Å². The van der Waals surface area contributed by atoms with Gasteiger partial charge in [-0.15, -0.1) is 0 Å². The number of hydrogen-bond acceptors (Lipinski definition) is 4. The van der Waals surface area contributed by atoms with E-state index in [1.54, 1.807) is 0 Å². The van der Waals surface area contributed by atoms with E-state index in [4.69, 9.17) is 18.5 Å². The second-order valence-corrected chi connectivity index (χ2v) is 13.5. The van der Waals surface area contributed by atoms with E-state index < -0.39 is 0 Å². The lowest BCUT2D eigenvalue weighted by Gasteiger charge is -2.10. The third kappa shape index (κ3) is 8.48. The van der Waals surface area contributed by atoms with Gasteiger partial charge in [0.05, 0.1) is 0 Å². The molecule has 10 rings (SSSR count). The minimum Gasteiger partial charge on any atom is -0.537 e. The molecule has 0 saturated heterocycles. The van der Waals surface area contributed by atoms with Gasteiger partial charge in [0.2, 0.25) is 0 Å². The summed E-state index contributed by atoms with van der Waals surface area (Å²) < 4.78 is 17.8. The minimum atomic E-state index is 0. The Morgan fingerprint density at radius 3 is 1.41 bits per heavy atom. The lowest BCUT2D eigenvalue weighted by Crippen LogP contribution is -2.00. The van der Waals surface area contributed by atoms with E-state index in [0.29, 0.717) is 13.4 Å². The Hall–Kier alpha value is -6.34. The molecule has 0 aliphatic rings. The van der Waals surface area contributed by atoms with Crippen LogP contribution in [0.3, 0.4) is 0 Å². The molecule has 10 aromatic rings. The van der Waals surface area contributed by atoms with E-state index in [0.717, 1.165) is 43.3 Å². The van der Waals surface area contributed by atoms with E-state index >= 15 is 0 Å². The van der Waals surface area contributed by atoms with Crippen molar-refractivity contribution in [2.75, 3.05) is 0 Å². The molecule has 6 heteroatoms. The average Bonchev–Trinajstić information content (AvgIpc) is 3.80. The van der Waals surface area contributed by atoms with E-state index in [1.807, 2.05) is 103 Å². The smallest absolute Gasteiger partial charge is 0.537 e. The van der Waals surface area contributed by atoms with Crippen molar-refractivity contribution in [1.82, 2.24) is 0 Å². The van der Waals surface area contributed by atoms with Crippen LogP contribution in [0.4, 0.5) is 0 Å². The zero-order chi connectivity index (χ0) is 36.7. The topological polar surface area (TPSA) is 55.7 Å². The highest BCUT2D eigenvalue weighted by atomic mass is 79.9. The fraction of sp³-hybridized carbons (Fsp3) is 0.0400. The molecule has 0 spiro atoms. The first-order chi connectivity index (χ1) is 26.7. The minimum absolute atomic E-state index is 0. The molecule has 4 nitrogen and oxygen atoms in total. The summed E-state index contributed by atoms with van der Waals surface area (Å²) in [7, 11) is 0.696. The molecule has 0 atom stereocenters. The van der Waals surface area contributed by atoms with Crippen LogP contribution in [0.25, 0.3) is 77.3 Å². The van der Waals surface area contributed by atoms with Crippen LogP contribution in [-0.2, 0) is 0 Å². The van der Waals surface area contributed by atoms with Crippen LogP contribution in [0.15, 0.2) is 207 Å². The third-order valence-corrected chi connectivity index (χ3v) is 9.69. The lowest BCUT2D eigenvalue weighted by atomic mass is 9.94. The van der Waals surface area contributed by atoms with Crippen LogP contribution >= 0.6 is 15.9 Å². The zero-order valence-corrected chi connectivity index (χ0v) is 30.7. The maximum absolute atomic E-state index is 8.64. The lowest BCUT2D eigenvalue weighted by molar-refractivity contribution is 0.455. The van der Waals surface area contributed by atoms with Gasteiger partial charge in [-0.1, -0.05) is 176 Å². The van der Waals surface area contributed by atoms with E-state index in [2.05, 4.69) is 107 Å². The number of para-hydroxylation sites is 3. The highest BCUT2D eigenvalue weighted by Crippen LogP contribution is 2.36. The van der Waals surface area contributed by atoms with Crippen LogP contribution in [0.1, 0.15) is 14.9 Å². The van der Waals surface area contributed by atoms with Gasteiger partial charge in [-0.25, -0.2) is 0 Å². The normalized spacial score (nSPS) is 10.4. The van der Waals surface area contributed by atoms with Crippen LogP contribution in [0, 0.1) is 0 Å². The van der Waals surface area contributed by atoms with E-state index in [9.17, 15) is 0 Å². The quantitative estimate of drug-likeness (QED) is 0.176. The summed E-state index contributed by atoms with van der Waals surface area (Å²) in [5, 5.41) is 13.3. The van der Waals surface area contributed by atoms with Gasteiger partial charge in [-0.05, 0) is 76.3 Å². The zero-order valence-electron chi connectivity index (χ0n) is 29.1. The molecule has 1 N–H and O–H groups in total. The highest BCUT2D eigenvalue weighted by molar-refractivity contribution is 9.10. The van der Waals surface area contributed by atoms with Crippen LogP contribution in [0.5, 0.6) is 5.75 Å². The Bertz CT molecular complexity index is 2810. The molecular weight excluding hydrogens is 755 g/mol. The maximum atomic E-state index is 8.64. The monoisotopic (exact) mass is 795 g/mol. The Kier molecular flexibility index (Phi) is 12.9. The molecule has 0 fully saturated rings. The second kappa shape index (κ2) is 18.3. The van der Waals surface area contributed by atoms with Crippen molar-refractivity contribution in [2.45, 2.75) is 14.9 Å². The van der Waals surface area contributed by atoms with Gasteiger partial charge in [-0.3, -0.25) is 0 Å². The van der Waals surface area contributed by atoms with Gasteiger partial charge < -0.3 is 18.5 Å². The molecule has 0 unspecified atom stereocenters. The third-order valence-electron chi connectivity index (χ3n) is 9.19. The summed E-state index contributed by atoms with van der Waals surface area (Å²) in [6.07, 6.45) is 0. The van der Waals surface area contributed by atoms with Crippen molar-refractivity contribution in [3.8, 4) is 39.1 Å². The summed E-state index contributed by atoms with van der Waals surface area (Å²) in [6, 6.07) is 65.4. The number of rotatable bonds is 5. The molecular formula is C50H41BBrO4. The highest BCUT2D eigenvalue weighted by Gasteiger charge is 2.11.